The maximum atomic E-state index is 14.8. The lowest BCUT2D eigenvalue weighted by Gasteiger charge is -2.64. The predicted octanol–water partition coefficient (Wildman–Crippen LogP) is 7.58. The summed E-state index contributed by atoms with van der Waals surface area (Å²) in [5.74, 6) is -0.137. The number of aliphatic hydroxyl groups excluding tert-OH is 2. The molecule has 3 heterocycles. The van der Waals surface area contributed by atoms with Crippen LogP contribution in [0.15, 0.2) is 48.1 Å². The van der Waals surface area contributed by atoms with Gasteiger partial charge in [0.05, 0.1) is 34.5 Å². The highest BCUT2D eigenvalue weighted by atomic mass is 16.5. The predicted molar refractivity (Wildman–Crippen MR) is 197 cm³/mol. The molecule has 0 saturated heterocycles. The first-order chi connectivity index (χ1) is 23.2. The van der Waals surface area contributed by atoms with Crippen LogP contribution in [0.3, 0.4) is 0 Å². The van der Waals surface area contributed by atoms with Crippen molar-refractivity contribution in [1.29, 1.82) is 0 Å². The van der Waals surface area contributed by atoms with Crippen LogP contribution in [0.2, 0.25) is 0 Å². The first kappa shape index (κ1) is 33.9. The zero-order valence-corrected chi connectivity index (χ0v) is 31.2. The summed E-state index contributed by atoms with van der Waals surface area (Å²) in [5.41, 5.74) is 11.7. The van der Waals surface area contributed by atoms with Crippen molar-refractivity contribution < 1.29 is 24.5 Å². The van der Waals surface area contributed by atoms with Crippen molar-refractivity contribution in [3.63, 3.8) is 0 Å². The summed E-state index contributed by atoms with van der Waals surface area (Å²) in [6.45, 7) is 23.4. The minimum atomic E-state index is -0.854. The lowest BCUT2D eigenvalue weighted by Crippen LogP contribution is -2.62. The zero-order valence-electron chi connectivity index (χ0n) is 31.2. The van der Waals surface area contributed by atoms with Crippen molar-refractivity contribution in [2.24, 2.45) is 34.3 Å². The molecule has 4 N–H and O–H groups in total. The largest absolute Gasteiger partial charge is 0.392 e. The summed E-state index contributed by atoms with van der Waals surface area (Å²) >= 11 is 0. The van der Waals surface area contributed by atoms with E-state index in [0.29, 0.717) is 23.5 Å². The molecular weight excluding hydrogens is 624 g/mol. The van der Waals surface area contributed by atoms with Crippen molar-refractivity contribution in [2.45, 2.75) is 129 Å². The number of amides is 1. The summed E-state index contributed by atoms with van der Waals surface area (Å²) in [7, 11) is 0. The molecule has 0 bridgehead atoms. The third kappa shape index (κ3) is 3.98. The number of carbonyl (C=O) groups excluding carboxylic acids is 2. The van der Waals surface area contributed by atoms with Gasteiger partial charge in [-0.3, -0.25) is 9.59 Å². The van der Waals surface area contributed by atoms with Crippen LogP contribution in [-0.4, -0.2) is 43.8 Å². The van der Waals surface area contributed by atoms with E-state index in [0.717, 1.165) is 58.9 Å². The Morgan fingerprint density at radius 1 is 1.08 bits per heavy atom. The van der Waals surface area contributed by atoms with Gasteiger partial charge < -0.3 is 25.3 Å². The van der Waals surface area contributed by atoms with Gasteiger partial charge in [0.1, 0.15) is 6.04 Å². The van der Waals surface area contributed by atoms with Gasteiger partial charge in [-0.1, -0.05) is 51.2 Å². The second-order valence-electron chi connectivity index (χ2n) is 18.4. The maximum Gasteiger partial charge on any atom is 0.244 e. The molecule has 6 aliphatic rings. The van der Waals surface area contributed by atoms with Gasteiger partial charge in [0.25, 0.3) is 0 Å². The van der Waals surface area contributed by atoms with E-state index in [9.17, 15) is 19.8 Å². The fourth-order valence-corrected chi connectivity index (χ4v) is 12.6. The van der Waals surface area contributed by atoms with E-state index in [2.05, 4.69) is 77.8 Å². The number of carbonyl (C=O) groups is 2. The summed E-state index contributed by atoms with van der Waals surface area (Å²) in [5, 5.41) is 25.0. The second kappa shape index (κ2) is 10.2. The molecule has 9 atom stereocenters. The Morgan fingerprint density at radius 2 is 1.78 bits per heavy atom. The molecule has 4 aliphatic carbocycles. The van der Waals surface area contributed by atoms with Crippen LogP contribution in [0.4, 0.5) is 0 Å². The van der Waals surface area contributed by atoms with E-state index in [1.165, 1.54) is 11.3 Å². The van der Waals surface area contributed by atoms with Gasteiger partial charge >= 0.3 is 0 Å². The van der Waals surface area contributed by atoms with Crippen LogP contribution in [0.5, 0.6) is 0 Å². The molecule has 8 rings (SSSR count). The molecule has 0 spiro atoms. The number of aromatic nitrogens is 1. The number of benzene rings is 1. The molecular formula is C43H54N2O5. The molecule has 7 nitrogen and oxygen atoms in total. The number of hydrogen-bond acceptors (Lipinski definition) is 5. The van der Waals surface area contributed by atoms with Gasteiger partial charge in [-0.25, -0.2) is 0 Å². The quantitative estimate of drug-likeness (QED) is 0.175. The highest BCUT2D eigenvalue weighted by Gasteiger charge is 2.67. The molecule has 1 aromatic heterocycles. The highest BCUT2D eigenvalue weighted by molar-refractivity contribution is 6.18. The van der Waals surface area contributed by atoms with E-state index >= 15 is 0 Å². The number of nitrogens with two attached hydrogens (primary N) is 1. The van der Waals surface area contributed by atoms with Gasteiger partial charge in [-0.15, -0.1) is 0 Å². The van der Waals surface area contributed by atoms with E-state index in [-0.39, 0.29) is 28.4 Å². The fraction of sp³-hybridized carbons (Fsp3) is 0.581. The number of primary amides is 1. The lowest BCUT2D eigenvalue weighted by molar-refractivity contribution is -0.144. The Bertz CT molecular complexity index is 2020. The molecule has 2 saturated carbocycles. The Hall–Kier alpha value is -3.26. The van der Waals surface area contributed by atoms with Crippen LogP contribution in [0.1, 0.15) is 133 Å². The van der Waals surface area contributed by atoms with Crippen molar-refractivity contribution in [3.05, 3.63) is 76.0 Å². The van der Waals surface area contributed by atoms with Crippen molar-refractivity contribution in [1.82, 2.24) is 4.57 Å². The smallest absolute Gasteiger partial charge is 0.244 e. The fourth-order valence-electron chi connectivity index (χ4n) is 12.6. The summed E-state index contributed by atoms with van der Waals surface area (Å²) in [4.78, 5) is 26.6. The normalized spacial score (nSPS) is 39.2. The first-order valence-corrected chi connectivity index (χ1v) is 18.6. The van der Waals surface area contributed by atoms with Crippen LogP contribution in [0, 0.1) is 28.6 Å². The molecule has 0 radical (unpaired) electrons. The number of allylic oxidation sites excluding steroid dienone is 3. The summed E-state index contributed by atoms with van der Waals surface area (Å²) in [6.07, 6.45) is 11.1. The van der Waals surface area contributed by atoms with Crippen molar-refractivity contribution >= 4 is 28.2 Å². The number of Topliss-reactive ketones (excluding diaryl/α,β-unsaturated/α-hetero) is 1. The Balaban J connectivity index is 1.36. The van der Waals surface area contributed by atoms with E-state index in [1.54, 1.807) is 13.0 Å². The molecule has 1 amide bonds. The standard InChI is InChI=1S/C43H54N2O5/c1-21(2)33-36(48)31-30-24(27-20-39(4,5)50-40(6,7)32(27)35(30)47)19-25-26-18-23-13-14-28-41(8,16-11-12-22(3)38(44)49)29(46)15-17-42(28,9)43(23,10)37(26)45(33)34(25)31/h11-12,16,19-20,23,28-29,32-33,35,46-47H,1,13-15,17-18H2,2-10H3,(H2,44,49)/b16-11+,22-12+. The number of ketones is 1. The van der Waals surface area contributed by atoms with Crippen molar-refractivity contribution in [2.75, 3.05) is 0 Å². The Labute approximate surface area is 296 Å². The molecule has 266 valence electrons. The van der Waals surface area contributed by atoms with Gasteiger partial charge in [0, 0.05) is 39.0 Å². The monoisotopic (exact) mass is 678 g/mol. The number of aliphatic hydroxyl groups is 2. The summed E-state index contributed by atoms with van der Waals surface area (Å²) < 4.78 is 8.88. The number of hydrogen-bond donors (Lipinski definition) is 3. The molecule has 2 aromatic rings. The van der Waals surface area contributed by atoms with E-state index in [4.69, 9.17) is 10.5 Å². The van der Waals surface area contributed by atoms with Gasteiger partial charge in [0.2, 0.25) is 5.91 Å². The van der Waals surface area contributed by atoms with Crippen LogP contribution >= 0.6 is 0 Å². The Morgan fingerprint density at radius 3 is 2.44 bits per heavy atom. The van der Waals surface area contributed by atoms with Crippen LogP contribution < -0.4 is 5.73 Å². The number of nitrogens with zero attached hydrogens (tertiary/aromatic N) is 1. The average molecular weight is 679 g/mol. The number of fused-ring (bicyclic) bond motifs is 11. The second-order valence-corrected chi connectivity index (χ2v) is 18.4. The molecule has 9 unspecified atom stereocenters. The third-order valence-corrected chi connectivity index (χ3v) is 14.8. The van der Waals surface area contributed by atoms with Gasteiger partial charge in [-0.2, -0.15) is 0 Å². The van der Waals surface area contributed by atoms with Crippen LogP contribution in [0.25, 0.3) is 16.5 Å². The zero-order chi connectivity index (χ0) is 36.2. The number of ether oxygens (including phenoxy) is 1. The molecule has 1 aromatic carbocycles. The first-order valence-electron chi connectivity index (χ1n) is 18.6. The Kier molecular flexibility index (Phi) is 6.91. The third-order valence-electron chi connectivity index (χ3n) is 14.8. The topological polar surface area (TPSA) is 115 Å². The van der Waals surface area contributed by atoms with Crippen LogP contribution in [-0.2, 0) is 21.4 Å². The highest BCUT2D eigenvalue weighted by Crippen LogP contribution is 2.71. The van der Waals surface area contributed by atoms with Gasteiger partial charge in [0.15, 0.2) is 5.78 Å². The maximum absolute atomic E-state index is 14.8. The molecule has 7 heteroatoms. The van der Waals surface area contributed by atoms with Crippen molar-refractivity contribution in [3.8, 4) is 0 Å². The van der Waals surface area contributed by atoms with E-state index < -0.39 is 40.8 Å². The molecule has 2 aliphatic heterocycles. The lowest BCUT2D eigenvalue weighted by atomic mass is 9.40. The molecule has 2 fully saturated rings. The minimum absolute atomic E-state index is 0.0291. The van der Waals surface area contributed by atoms with E-state index in [1.807, 2.05) is 13.0 Å². The minimum Gasteiger partial charge on any atom is -0.392 e. The molecule has 50 heavy (non-hydrogen) atoms. The number of rotatable bonds is 4. The SMILES string of the molecule is C=C(C)C1C(=O)c2c3c(cc4c5c(n1c24)C1(C)C(CCC2C(C)(/C=C/C=C(\C)C(N)=O)C(O)CCC21C)C5)C1=CC(C)(C)OC(C)(C)C1C3O. The summed E-state index contributed by atoms with van der Waals surface area (Å²) in [6, 6.07) is 1.77. The van der Waals surface area contributed by atoms with Gasteiger partial charge in [-0.05, 0) is 120 Å². The average Bonchev–Trinajstić information content (AvgIpc) is 3.67.